The molecule has 0 aliphatic rings. The largest absolute Gasteiger partial charge is 0.494 e. The molecule has 0 aliphatic heterocycles. The Morgan fingerprint density at radius 1 is 0.786 bits per heavy atom. The third-order valence-corrected chi connectivity index (χ3v) is 5.50. The molecule has 1 N–H and O–H groups in total. The van der Waals surface area contributed by atoms with Crippen LogP contribution in [0.25, 0.3) is 0 Å². The summed E-state index contributed by atoms with van der Waals surface area (Å²) in [6.07, 6.45) is -1.44. The summed E-state index contributed by atoms with van der Waals surface area (Å²) in [5.74, 6) is 4.32. The van der Waals surface area contributed by atoms with Crippen molar-refractivity contribution >= 4 is 23.5 Å². The SMILES string of the molecule is C=CC(=O)OCCCCOc1ccc(C(=O)Nc2ccc(C#Cc3ccc(OC(=O)C=C)cc3)cc2C(F)(F)F)cc1. The number of hydrogen-bond acceptors (Lipinski definition) is 6. The van der Waals surface area contributed by atoms with Gasteiger partial charge in [0.2, 0.25) is 0 Å². The highest BCUT2D eigenvalue weighted by Crippen LogP contribution is 2.35. The molecule has 0 saturated heterocycles. The van der Waals surface area contributed by atoms with Crippen molar-refractivity contribution in [1.82, 2.24) is 0 Å². The van der Waals surface area contributed by atoms with E-state index in [1.54, 1.807) is 12.1 Å². The summed E-state index contributed by atoms with van der Waals surface area (Å²) in [4.78, 5) is 34.9. The van der Waals surface area contributed by atoms with Crippen molar-refractivity contribution < 1.29 is 41.8 Å². The number of nitrogens with one attached hydrogen (secondary N) is 1. The first kappa shape index (κ1) is 31.2. The van der Waals surface area contributed by atoms with Crippen molar-refractivity contribution in [2.24, 2.45) is 0 Å². The zero-order valence-corrected chi connectivity index (χ0v) is 22.3. The predicted octanol–water partition coefficient (Wildman–Crippen LogP) is 6.34. The first-order valence-corrected chi connectivity index (χ1v) is 12.6. The Labute approximate surface area is 240 Å². The van der Waals surface area contributed by atoms with Crippen LogP contribution in [0.4, 0.5) is 18.9 Å². The highest BCUT2D eigenvalue weighted by atomic mass is 19.4. The third-order valence-electron chi connectivity index (χ3n) is 5.50. The Balaban J connectivity index is 1.63. The number of carbonyl (C=O) groups is 3. The maximum Gasteiger partial charge on any atom is 0.418 e. The number of rotatable bonds is 11. The van der Waals surface area contributed by atoms with Crippen LogP contribution in [0.5, 0.6) is 11.5 Å². The Hall–Kier alpha value is -5.30. The fourth-order valence-electron chi connectivity index (χ4n) is 3.40. The fraction of sp³-hybridized carbons (Fsp3) is 0.156. The Morgan fingerprint density at radius 3 is 2.02 bits per heavy atom. The van der Waals surface area contributed by atoms with Crippen LogP contribution in [0.2, 0.25) is 0 Å². The minimum Gasteiger partial charge on any atom is -0.494 e. The molecule has 1 amide bonds. The van der Waals surface area contributed by atoms with Crippen LogP contribution in [0.1, 0.15) is 39.9 Å². The van der Waals surface area contributed by atoms with Crippen LogP contribution in [-0.4, -0.2) is 31.1 Å². The first-order chi connectivity index (χ1) is 20.1. The summed E-state index contributed by atoms with van der Waals surface area (Å²) in [6.45, 7) is 7.20. The summed E-state index contributed by atoms with van der Waals surface area (Å²) in [7, 11) is 0. The molecule has 0 spiro atoms. The standard InChI is InChI=1S/C32H26F3NO6/c1-3-29(37)41-20-6-5-19-40-25-16-12-24(13-17-25)31(39)36-28-18-11-23(21-27(28)32(33,34)35)8-7-22-9-14-26(15-10-22)42-30(38)4-2/h3-4,9-18,21H,1-2,5-6,19-20H2,(H,36,39). The van der Waals surface area contributed by atoms with Gasteiger partial charge in [-0.2, -0.15) is 13.2 Å². The number of benzene rings is 3. The van der Waals surface area contributed by atoms with Gasteiger partial charge in [0.15, 0.2) is 0 Å². The molecule has 0 aromatic heterocycles. The molecule has 0 unspecified atom stereocenters. The highest BCUT2D eigenvalue weighted by Gasteiger charge is 2.34. The van der Waals surface area contributed by atoms with E-state index in [0.717, 1.165) is 24.3 Å². The molecule has 10 heteroatoms. The normalized spacial score (nSPS) is 10.5. The van der Waals surface area contributed by atoms with Crippen molar-refractivity contribution in [3.05, 3.63) is 114 Å². The van der Waals surface area contributed by atoms with E-state index in [1.807, 2.05) is 0 Å². The molecule has 0 aliphatic carbocycles. The van der Waals surface area contributed by atoms with Crippen LogP contribution < -0.4 is 14.8 Å². The van der Waals surface area contributed by atoms with E-state index in [-0.39, 0.29) is 23.5 Å². The summed E-state index contributed by atoms with van der Waals surface area (Å²) in [5, 5.41) is 2.32. The van der Waals surface area contributed by atoms with Crippen molar-refractivity contribution in [3.8, 4) is 23.3 Å². The molecule has 0 fully saturated rings. The molecule has 0 saturated carbocycles. The molecule has 42 heavy (non-hydrogen) atoms. The van der Waals surface area contributed by atoms with E-state index in [9.17, 15) is 27.6 Å². The van der Waals surface area contributed by atoms with E-state index in [4.69, 9.17) is 14.2 Å². The summed E-state index contributed by atoms with van der Waals surface area (Å²) in [6, 6.07) is 15.4. The van der Waals surface area contributed by atoms with Gasteiger partial charge in [-0.3, -0.25) is 4.79 Å². The number of carbonyl (C=O) groups excluding carboxylic acids is 3. The van der Waals surface area contributed by atoms with Gasteiger partial charge in [-0.25, -0.2) is 9.59 Å². The number of halogens is 3. The van der Waals surface area contributed by atoms with Gasteiger partial charge in [0.1, 0.15) is 11.5 Å². The number of anilines is 1. The number of unbranched alkanes of at least 4 members (excludes halogenated alkanes) is 1. The minimum atomic E-state index is -4.75. The smallest absolute Gasteiger partial charge is 0.418 e. The van der Waals surface area contributed by atoms with Gasteiger partial charge < -0.3 is 19.5 Å². The predicted molar refractivity (Wildman–Crippen MR) is 150 cm³/mol. The topological polar surface area (TPSA) is 90.9 Å². The molecule has 0 atom stereocenters. The molecular weight excluding hydrogens is 551 g/mol. The van der Waals surface area contributed by atoms with Gasteiger partial charge in [-0.1, -0.05) is 25.0 Å². The lowest BCUT2D eigenvalue weighted by Crippen LogP contribution is -2.17. The van der Waals surface area contributed by atoms with Crippen LogP contribution in [-0.2, 0) is 20.5 Å². The summed E-state index contributed by atoms with van der Waals surface area (Å²) < 4.78 is 56.9. The molecule has 0 radical (unpaired) electrons. The third kappa shape index (κ3) is 9.71. The van der Waals surface area contributed by atoms with E-state index >= 15 is 0 Å². The van der Waals surface area contributed by atoms with Gasteiger partial charge in [0.25, 0.3) is 5.91 Å². The van der Waals surface area contributed by atoms with Crippen molar-refractivity contribution in [2.75, 3.05) is 18.5 Å². The molecule has 3 aromatic carbocycles. The van der Waals surface area contributed by atoms with Gasteiger partial charge in [-0.05, 0) is 79.6 Å². The number of alkyl halides is 3. The molecule has 3 rings (SSSR count). The lowest BCUT2D eigenvalue weighted by molar-refractivity contribution is -0.138. The van der Waals surface area contributed by atoms with E-state index in [0.29, 0.717) is 30.8 Å². The van der Waals surface area contributed by atoms with Gasteiger partial charge in [-0.15, -0.1) is 0 Å². The first-order valence-electron chi connectivity index (χ1n) is 12.6. The van der Waals surface area contributed by atoms with Gasteiger partial charge in [0.05, 0.1) is 24.5 Å². The average Bonchev–Trinajstić information content (AvgIpc) is 2.98. The lowest BCUT2D eigenvalue weighted by atomic mass is 10.1. The van der Waals surface area contributed by atoms with Crippen molar-refractivity contribution in [3.63, 3.8) is 0 Å². The van der Waals surface area contributed by atoms with E-state index < -0.39 is 35.3 Å². The summed E-state index contributed by atoms with van der Waals surface area (Å²) >= 11 is 0. The maximum atomic E-state index is 13.8. The maximum absolute atomic E-state index is 13.8. The zero-order valence-electron chi connectivity index (χ0n) is 22.3. The average molecular weight is 578 g/mol. The molecule has 0 bridgehead atoms. The second-order valence-corrected chi connectivity index (χ2v) is 8.56. The molecule has 7 nitrogen and oxygen atoms in total. The van der Waals surface area contributed by atoms with E-state index in [2.05, 4.69) is 30.3 Å². The molecule has 3 aromatic rings. The molecule has 216 valence electrons. The zero-order chi connectivity index (χ0) is 30.5. The van der Waals surface area contributed by atoms with Gasteiger partial charge >= 0.3 is 18.1 Å². The lowest BCUT2D eigenvalue weighted by Gasteiger charge is -2.14. The Bertz CT molecular complexity index is 1500. The van der Waals surface area contributed by atoms with Crippen molar-refractivity contribution in [2.45, 2.75) is 19.0 Å². The molecule has 0 heterocycles. The van der Waals surface area contributed by atoms with Gasteiger partial charge in [0, 0.05) is 28.8 Å². The second kappa shape index (κ2) is 14.9. The second-order valence-electron chi connectivity index (χ2n) is 8.56. The van der Waals surface area contributed by atoms with Crippen LogP contribution in [0, 0.1) is 11.8 Å². The van der Waals surface area contributed by atoms with E-state index in [1.165, 1.54) is 42.5 Å². The van der Waals surface area contributed by atoms with Crippen LogP contribution >= 0.6 is 0 Å². The number of amides is 1. The van der Waals surface area contributed by atoms with Crippen LogP contribution in [0.15, 0.2) is 92.0 Å². The number of ether oxygens (including phenoxy) is 3. The molecular formula is C32H26F3NO6. The fourth-order valence-corrected chi connectivity index (χ4v) is 3.40. The quantitative estimate of drug-likeness (QED) is 0.0941. The Kier molecular flexibility index (Phi) is 11.1. The monoisotopic (exact) mass is 577 g/mol. The van der Waals surface area contributed by atoms with Crippen molar-refractivity contribution in [1.29, 1.82) is 0 Å². The number of esters is 2. The Morgan fingerprint density at radius 2 is 1.38 bits per heavy atom. The van der Waals surface area contributed by atoms with Crippen LogP contribution in [0.3, 0.4) is 0 Å². The minimum absolute atomic E-state index is 0.0860. The summed E-state index contributed by atoms with van der Waals surface area (Å²) in [5.41, 5.74) is -0.751. The number of hydrogen-bond donors (Lipinski definition) is 1. The highest BCUT2D eigenvalue weighted by molar-refractivity contribution is 6.04.